The number of hydrogen-bond acceptors (Lipinski definition) is 5. The molecule has 3 aromatic carbocycles. The molecule has 0 saturated heterocycles. The smallest absolute Gasteiger partial charge is 0.251 e. The molecular weight excluding hydrogens is 492 g/mol. The van der Waals surface area contributed by atoms with Crippen LogP contribution in [-0.4, -0.2) is 46.6 Å². The number of aliphatic hydroxyl groups excluding tert-OH is 2. The van der Waals surface area contributed by atoms with E-state index in [9.17, 15) is 19.5 Å². The minimum absolute atomic E-state index is 0.00170. The van der Waals surface area contributed by atoms with Gasteiger partial charge in [-0.3, -0.25) is 14.4 Å². The number of nitrogens with one attached hydrogen (secondary N) is 2. The van der Waals surface area contributed by atoms with Gasteiger partial charge in [-0.15, -0.1) is 0 Å². The molecule has 4 N–H and O–H groups in total. The van der Waals surface area contributed by atoms with Gasteiger partial charge in [-0.05, 0) is 80.3 Å². The van der Waals surface area contributed by atoms with E-state index in [0.29, 0.717) is 17.5 Å². The molecule has 0 unspecified atom stereocenters. The molecule has 0 radical (unpaired) electrons. The van der Waals surface area contributed by atoms with Gasteiger partial charge in [0, 0.05) is 28.8 Å². The Morgan fingerprint density at radius 1 is 0.821 bits per heavy atom. The Bertz CT molecular complexity index is 1290. The second-order valence-electron chi connectivity index (χ2n) is 9.32. The molecule has 3 rings (SSSR count). The van der Waals surface area contributed by atoms with Gasteiger partial charge in [0.2, 0.25) is 5.91 Å². The largest absolute Gasteiger partial charge is 0.391 e. The van der Waals surface area contributed by atoms with E-state index < -0.39 is 30.4 Å². The first-order chi connectivity index (χ1) is 18.9. The van der Waals surface area contributed by atoms with Crippen molar-refractivity contribution < 1.29 is 24.6 Å². The molecule has 0 aliphatic heterocycles. The molecule has 7 nitrogen and oxygen atoms in total. The Balaban J connectivity index is 1.44. The van der Waals surface area contributed by atoms with E-state index in [1.165, 1.54) is 12.5 Å². The second kappa shape index (κ2) is 15.2. The fourth-order valence-corrected chi connectivity index (χ4v) is 3.94. The van der Waals surface area contributed by atoms with Gasteiger partial charge in [0.1, 0.15) is 12.6 Å². The van der Waals surface area contributed by atoms with Crippen molar-refractivity contribution in [1.29, 1.82) is 0 Å². The fourth-order valence-electron chi connectivity index (χ4n) is 3.94. The molecule has 0 aromatic heterocycles. The first-order valence-corrected chi connectivity index (χ1v) is 13.0. The zero-order valence-electron chi connectivity index (χ0n) is 22.0. The zero-order valence-corrected chi connectivity index (χ0v) is 22.0. The number of hydrogen-bond donors (Lipinski definition) is 4. The van der Waals surface area contributed by atoms with Crippen LogP contribution in [0.5, 0.6) is 0 Å². The third kappa shape index (κ3) is 9.86. The van der Waals surface area contributed by atoms with Crippen LogP contribution in [0.3, 0.4) is 0 Å². The number of carbonyl (C=O) groups is 3. The van der Waals surface area contributed by atoms with Gasteiger partial charge in [-0.1, -0.05) is 48.6 Å². The molecule has 2 atom stereocenters. The number of ketones is 1. The van der Waals surface area contributed by atoms with E-state index in [4.69, 9.17) is 5.11 Å². The maximum atomic E-state index is 12.4. The highest BCUT2D eigenvalue weighted by Gasteiger charge is 2.25. The van der Waals surface area contributed by atoms with Crippen LogP contribution in [0.4, 0.5) is 5.69 Å². The van der Waals surface area contributed by atoms with Crippen molar-refractivity contribution in [2.45, 2.75) is 51.2 Å². The maximum Gasteiger partial charge on any atom is 0.251 e. The van der Waals surface area contributed by atoms with Crippen molar-refractivity contribution in [3.8, 4) is 11.8 Å². The summed E-state index contributed by atoms with van der Waals surface area (Å²) in [7, 11) is 0. The molecule has 0 bridgehead atoms. The van der Waals surface area contributed by atoms with Crippen molar-refractivity contribution in [2.24, 2.45) is 0 Å². The summed E-state index contributed by atoms with van der Waals surface area (Å²) in [5.74, 6) is 4.88. The molecule has 2 amide bonds. The molecule has 0 fully saturated rings. The lowest BCUT2D eigenvalue weighted by atomic mass is 10.1. The highest BCUT2D eigenvalue weighted by atomic mass is 16.3. The molecule has 0 heterocycles. The molecule has 0 spiro atoms. The molecular formula is C32H34N2O5. The van der Waals surface area contributed by atoms with Crippen LogP contribution in [0.1, 0.15) is 59.7 Å². The van der Waals surface area contributed by atoms with Crippen LogP contribution in [-0.2, 0) is 16.0 Å². The lowest BCUT2D eigenvalue weighted by Gasteiger charge is -2.19. The molecule has 3 aromatic rings. The number of anilines is 1. The Hall–Kier alpha value is -4.25. The maximum absolute atomic E-state index is 12.4. The summed E-state index contributed by atoms with van der Waals surface area (Å²) in [4.78, 5) is 36.4. The zero-order chi connectivity index (χ0) is 28.0. The minimum Gasteiger partial charge on any atom is -0.391 e. The Morgan fingerprint density at radius 2 is 1.44 bits per heavy atom. The predicted molar refractivity (Wildman–Crippen MR) is 151 cm³/mol. The highest BCUT2D eigenvalue weighted by Crippen LogP contribution is 2.12. The van der Waals surface area contributed by atoms with E-state index in [0.717, 1.165) is 36.9 Å². The highest BCUT2D eigenvalue weighted by molar-refractivity contribution is 5.98. The van der Waals surface area contributed by atoms with Gasteiger partial charge in [0.15, 0.2) is 5.78 Å². The van der Waals surface area contributed by atoms with Crippen molar-refractivity contribution in [2.75, 3.05) is 11.9 Å². The van der Waals surface area contributed by atoms with E-state index in [2.05, 4.69) is 34.6 Å². The summed E-state index contributed by atoms with van der Waals surface area (Å²) in [6.45, 7) is 0.597. The number of rotatable bonds is 12. The van der Waals surface area contributed by atoms with Gasteiger partial charge in [-0.2, -0.15) is 0 Å². The van der Waals surface area contributed by atoms with E-state index in [1.807, 2.05) is 42.5 Å². The van der Waals surface area contributed by atoms with E-state index in [1.54, 1.807) is 24.3 Å². The normalized spacial score (nSPS) is 12.0. The van der Waals surface area contributed by atoms with Crippen LogP contribution in [0, 0.1) is 11.8 Å². The molecule has 0 aliphatic carbocycles. The summed E-state index contributed by atoms with van der Waals surface area (Å²) in [5, 5.41) is 24.1. The predicted octanol–water partition coefficient (Wildman–Crippen LogP) is 3.87. The number of amides is 2. The van der Waals surface area contributed by atoms with Gasteiger partial charge in [0.05, 0.1) is 6.10 Å². The molecule has 0 saturated carbocycles. The number of benzene rings is 3. The van der Waals surface area contributed by atoms with E-state index >= 15 is 0 Å². The lowest BCUT2D eigenvalue weighted by Crippen LogP contribution is -2.48. The molecule has 202 valence electrons. The van der Waals surface area contributed by atoms with Crippen LogP contribution < -0.4 is 10.6 Å². The summed E-state index contributed by atoms with van der Waals surface area (Å²) < 4.78 is 0. The van der Waals surface area contributed by atoms with Crippen LogP contribution in [0.25, 0.3) is 0 Å². The van der Waals surface area contributed by atoms with Gasteiger partial charge < -0.3 is 20.8 Å². The van der Waals surface area contributed by atoms with E-state index in [-0.39, 0.29) is 5.91 Å². The Labute approximate surface area is 229 Å². The first kappa shape index (κ1) is 29.3. The number of unbranched alkanes of at least 4 members (excludes halogenated alkanes) is 2. The summed E-state index contributed by atoms with van der Waals surface area (Å²) in [5.41, 5.74) is 3.81. The van der Waals surface area contributed by atoms with Crippen molar-refractivity contribution in [1.82, 2.24) is 5.32 Å². The monoisotopic (exact) mass is 526 g/mol. The van der Waals surface area contributed by atoms with Crippen molar-refractivity contribution in [3.63, 3.8) is 0 Å². The van der Waals surface area contributed by atoms with Crippen molar-refractivity contribution >= 4 is 23.3 Å². The number of aliphatic hydroxyl groups is 2. The average molecular weight is 527 g/mol. The fraction of sp³-hybridized carbons (Fsp3) is 0.281. The van der Waals surface area contributed by atoms with Crippen LogP contribution in [0.2, 0.25) is 0 Å². The lowest BCUT2D eigenvalue weighted by molar-refractivity contribution is -0.126. The third-order valence-corrected chi connectivity index (χ3v) is 6.15. The third-order valence-electron chi connectivity index (χ3n) is 6.15. The summed E-state index contributed by atoms with van der Waals surface area (Å²) in [6.07, 6.45) is 3.31. The molecule has 0 aliphatic rings. The quantitative estimate of drug-likeness (QED) is 0.211. The van der Waals surface area contributed by atoms with Crippen LogP contribution >= 0.6 is 0 Å². The minimum atomic E-state index is -1.18. The average Bonchev–Trinajstić information content (AvgIpc) is 2.95. The number of carbonyl (C=O) groups excluding carboxylic acids is 3. The standard InChI is InChI=1S/C32H34N2O5/c1-23(36)31(29(37)22-35)34-32(39)27-18-14-25(15-19-27)12-13-26-16-20-28(21-17-26)33-30(38)11-7-3-6-10-24-8-4-2-5-9-24/h2,4-5,8-9,14-21,23,31,35-36H,3,6-7,10-11,22H2,1H3,(H,33,38)(H,34,39)/t23-,31+/m1/s1. The first-order valence-electron chi connectivity index (χ1n) is 13.0. The summed E-state index contributed by atoms with van der Waals surface area (Å²) in [6, 6.07) is 23.0. The van der Waals surface area contributed by atoms with Crippen molar-refractivity contribution in [3.05, 3.63) is 101 Å². The molecule has 39 heavy (non-hydrogen) atoms. The Kier molecular flexibility index (Phi) is 11.4. The van der Waals surface area contributed by atoms with Gasteiger partial charge in [0.25, 0.3) is 5.91 Å². The topological polar surface area (TPSA) is 116 Å². The SMILES string of the molecule is C[C@@H](O)[C@H](NC(=O)c1ccc(C#Cc2ccc(NC(=O)CCCCCc3ccccc3)cc2)cc1)C(=O)CO. The van der Waals surface area contributed by atoms with Crippen LogP contribution in [0.15, 0.2) is 78.9 Å². The summed E-state index contributed by atoms with van der Waals surface area (Å²) >= 11 is 0. The van der Waals surface area contributed by atoms with Gasteiger partial charge in [-0.25, -0.2) is 0 Å². The second-order valence-corrected chi connectivity index (χ2v) is 9.32. The number of aryl methyl sites for hydroxylation is 1. The number of Topliss-reactive ketones (excluding diaryl/α,β-unsaturated/α-hetero) is 1. The van der Waals surface area contributed by atoms with Gasteiger partial charge >= 0.3 is 0 Å². The Morgan fingerprint density at radius 3 is 2.03 bits per heavy atom. The molecule has 7 heteroatoms.